The molecule has 2 aliphatic heterocycles. The van der Waals surface area contributed by atoms with Gasteiger partial charge in [-0.1, -0.05) is 6.92 Å². The van der Waals surface area contributed by atoms with Gasteiger partial charge in [-0.15, -0.1) is 24.8 Å². The van der Waals surface area contributed by atoms with Crippen molar-refractivity contribution in [2.24, 2.45) is 17.6 Å². The normalized spacial score (nSPS) is 27.3. The summed E-state index contributed by atoms with van der Waals surface area (Å²) in [6.07, 6.45) is 6.34. The molecule has 3 fully saturated rings. The third-order valence-electron chi connectivity index (χ3n) is 6.49. The minimum absolute atomic E-state index is 0. The van der Waals surface area contributed by atoms with Gasteiger partial charge in [0.2, 0.25) is 11.8 Å². The van der Waals surface area contributed by atoms with E-state index in [9.17, 15) is 9.59 Å². The second kappa shape index (κ2) is 13.0. The quantitative estimate of drug-likeness (QED) is 0.658. The summed E-state index contributed by atoms with van der Waals surface area (Å²) in [6, 6.07) is -0.0773. The highest BCUT2D eigenvalue weighted by Crippen LogP contribution is 2.23. The van der Waals surface area contributed by atoms with E-state index in [0.717, 1.165) is 44.7 Å². The van der Waals surface area contributed by atoms with Crippen LogP contribution in [0.2, 0.25) is 0 Å². The van der Waals surface area contributed by atoms with Crippen LogP contribution in [0.3, 0.4) is 0 Å². The van der Waals surface area contributed by atoms with Crippen LogP contribution in [0.1, 0.15) is 45.4 Å². The molecular weight excluding hydrogens is 415 g/mol. The van der Waals surface area contributed by atoms with Gasteiger partial charge < -0.3 is 20.7 Å². The Morgan fingerprint density at radius 2 is 1.59 bits per heavy atom. The number of amides is 2. The average molecular weight is 453 g/mol. The number of nitrogens with two attached hydrogens (primary N) is 1. The Kier molecular flexibility index (Phi) is 11.8. The Balaban J connectivity index is 0.00000210. The van der Waals surface area contributed by atoms with Gasteiger partial charge in [0.1, 0.15) is 0 Å². The minimum Gasteiger partial charge on any atom is -0.381 e. The zero-order valence-corrected chi connectivity index (χ0v) is 19.1. The summed E-state index contributed by atoms with van der Waals surface area (Å²) in [6.45, 7) is 6.91. The summed E-state index contributed by atoms with van der Waals surface area (Å²) in [5.41, 5.74) is 6.23. The van der Waals surface area contributed by atoms with Crippen molar-refractivity contribution in [2.75, 3.05) is 45.9 Å². The van der Waals surface area contributed by atoms with E-state index in [4.69, 9.17) is 10.5 Å². The fourth-order valence-corrected chi connectivity index (χ4v) is 4.49. The maximum atomic E-state index is 12.7. The van der Waals surface area contributed by atoms with Crippen molar-refractivity contribution in [1.29, 1.82) is 0 Å². The third kappa shape index (κ3) is 7.87. The number of carbonyl (C=O) groups excluding carboxylic acids is 2. The molecule has 0 bridgehead atoms. The molecule has 170 valence electrons. The van der Waals surface area contributed by atoms with Crippen molar-refractivity contribution in [2.45, 2.75) is 57.5 Å². The Labute approximate surface area is 187 Å². The van der Waals surface area contributed by atoms with E-state index in [2.05, 4.69) is 17.1 Å². The SMILES string of the molecule is CC1CCC(NC(=O)CN2CCN(C(=O)C(N)C3CCOCC3)CC2)CC1.Cl.Cl. The van der Waals surface area contributed by atoms with Gasteiger partial charge in [0, 0.05) is 45.4 Å². The molecule has 0 aromatic carbocycles. The van der Waals surface area contributed by atoms with Gasteiger partial charge in [-0.2, -0.15) is 0 Å². The molecule has 0 aromatic heterocycles. The fourth-order valence-electron chi connectivity index (χ4n) is 4.49. The van der Waals surface area contributed by atoms with Crippen LogP contribution in [0.25, 0.3) is 0 Å². The molecule has 1 aliphatic carbocycles. The van der Waals surface area contributed by atoms with Gasteiger partial charge in [-0.25, -0.2) is 0 Å². The van der Waals surface area contributed by atoms with Crippen LogP contribution in [0.5, 0.6) is 0 Å². The zero-order valence-electron chi connectivity index (χ0n) is 17.5. The van der Waals surface area contributed by atoms with Crippen molar-refractivity contribution >= 4 is 36.6 Å². The maximum absolute atomic E-state index is 12.7. The predicted molar refractivity (Wildman–Crippen MR) is 119 cm³/mol. The first-order valence-electron chi connectivity index (χ1n) is 10.7. The lowest BCUT2D eigenvalue weighted by Crippen LogP contribution is -2.56. The standard InChI is InChI=1S/C20H36N4O3.2ClH/c1-15-2-4-17(5-3-15)22-18(25)14-23-8-10-24(11-9-23)20(26)19(21)16-6-12-27-13-7-16;;/h15-17,19H,2-14,21H2,1H3,(H,22,25);2*1H. The molecular formula is C20H38Cl2N4O3. The number of hydrogen-bond acceptors (Lipinski definition) is 5. The number of carbonyl (C=O) groups is 2. The molecule has 1 unspecified atom stereocenters. The highest BCUT2D eigenvalue weighted by molar-refractivity contribution is 5.85. The number of piperazine rings is 1. The molecule has 2 saturated heterocycles. The van der Waals surface area contributed by atoms with Crippen molar-refractivity contribution in [3.63, 3.8) is 0 Å². The first-order valence-corrected chi connectivity index (χ1v) is 10.7. The molecule has 3 aliphatic rings. The van der Waals surface area contributed by atoms with Gasteiger partial charge in [-0.3, -0.25) is 14.5 Å². The monoisotopic (exact) mass is 452 g/mol. The first kappa shape index (κ1) is 26.4. The highest BCUT2D eigenvalue weighted by Gasteiger charge is 2.32. The maximum Gasteiger partial charge on any atom is 0.239 e. The number of ether oxygens (including phenoxy) is 1. The zero-order chi connectivity index (χ0) is 19.2. The van der Waals surface area contributed by atoms with E-state index in [-0.39, 0.29) is 42.5 Å². The molecule has 2 heterocycles. The lowest BCUT2D eigenvalue weighted by Gasteiger charge is -2.37. The predicted octanol–water partition coefficient (Wildman–Crippen LogP) is 1.42. The number of nitrogens with one attached hydrogen (secondary N) is 1. The number of hydrogen-bond donors (Lipinski definition) is 2. The summed E-state index contributed by atoms with van der Waals surface area (Å²) in [5, 5.41) is 3.19. The molecule has 9 heteroatoms. The molecule has 7 nitrogen and oxygen atoms in total. The van der Waals surface area contributed by atoms with E-state index in [1.54, 1.807) is 0 Å². The molecule has 0 aromatic rings. The molecule has 1 saturated carbocycles. The number of halogens is 2. The molecule has 2 amide bonds. The summed E-state index contributed by atoms with van der Waals surface area (Å²) < 4.78 is 5.36. The fraction of sp³-hybridized carbons (Fsp3) is 0.900. The van der Waals surface area contributed by atoms with E-state index >= 15 is 0 Å². The van der Waals surface area contributed by atoms with Crippen LogP contribution >= 0.6 is 24.8 Å². The molecule has 3 N–H and O–H groups in total. The van der Waals surface area contributed by atoms with Crippen molar-refractivity contribution in [1.82, 2.24) is 15.1 Å². The molecule has 29 heavy (non-hydrogen) atoms. The first-order chi connectivity index (χ1) is 13.0. The summed E-state index contributed by atoms with van der Waals surface area (Å²) >= 11 is 0. The van der Waals surface area contributed by atoms with Crippen LogP contribution < -0.4 is 11.1 Å². The van der Waals surface area contributed by atoms with Gasteiger partial charge in [0.15, 0.2) is 0 Å². The van der Waals surface area contributed by atoms with Crippen LogP contribution in [-0.2, 0) is 14.3 Å². The summed E-state index contributed by atoms with van der Waals surface area (Å²) in [7, 11) is 0. The molecule has 3 rings (SSSR count). The van der Waals surface area contributed by atoms with Crippen LogP contribution in [-0.4, -0.2) is 79.6 Å². The lowest BCUT2D eigenvalue weighted by molar-refractivity contribution is -0.136. The van der Waals surface area contributed by atoms with Gasteiger partial charge in [0.05, 0.1) is 12.6 Å². The van der Waals surface area contributed by atoms with Crippen LogP contribution in [0.4, 0.5) is 0 Å². The van der Waals surface area contributed by atoms with Crippen molar-refractivity contribution in [3.8, 4) is 0 Å². The summed E-state index contributed by atoms with van der Waals surface area (Å²) in [5.74, 6) is 1.19. The van der Waals surface area contributed by atoms with Gasteiger partial charge >= 0.3 is 0 Å². The Bertz CT molecular complexity index is 504. The second-order valence-electron chi connectivity index (χ2n) is 8.60. The highest BCUT2D eigenvalue weighted by atomic mass is 35.5. The lowest BCUT2D eigenvalue weighted by atomic mass is 9.87. The third-order valence-corrected chi connectivity index (χ3v) is 6.49. The molecule has 0 radical (unpaired) electrons. The van der Waals surface area contributed by atoms with Crippen molar-refractivity contribution < 1.29 is 14.3 Å². The Morgan fingerprint density at radius 1 is 1.00 bits per heavy atom. The smallest absolute Gasteiger partial charge is 0.239 e. The second-order valence-corrected chi connectivity index (χ2v) is 8.60. The minimum atomic E-state index is -0.419. The van der Waals surface area contributed by atoms with E-state index < -0.39 is 6.04 Å². The van der Waals surface area contributed by atoms with Gasteiger partial charge in [-0.05, 0) is 50.4 Å². The van der Waals surface area contributed by atoms with E-state index in [0.29, 0.717) is 38.9 Å². The van der Waals surface area contributed by atoms with Crippen LogP contribution in [0.15, 0.2) is 0 Å². The van der Waals surface area contributed by atoms with Crippen LogP contribution in [0, 0.1) is 11.8 Å². The Hall–Kier alpha value is -0.600. The summed E-state index contributed by atoms with van der Waals surface area (Å²) in [4.78, 5) is 29.0. The molecule has 0 spiro atoms. The van der Waals surface area contributed by atoms with Crippen molar-refractivity contribution in [3.05, 3.63) is 0 Å². The number of nitrogens with zero attached hydrogens (tertiary/aromatic N) is 2. The topological polar surface area (TPSA) is 87.9 Å². The van der Waals surface area contributed by atoms with E-state index in [1.165, 1.54) is 12.8 Å². The number of rotatable bonds is 5. The van der Waals surface area contributed by atoms with E-state index in [1.807, 2.05) is 4.90 Å². The molecule has 1 atom stereocenters. The average Bonchev–Trinajstić information content (AvgIpc) is 2.70. The van der Waals surface area contributed by atoms with Gasteiger partial charge in [0.25, 0.3) is 0 Å². The largest absolute Gasteiger partial charge is 0.381 e. The Morgan fingerprint density at radius 3 is 2.17 bits per heavy atom.